The van der Waals surface area contributed by atoms with Crippen LogP contribution < -0.4 is 0 Å². The highest BCUT2D eigenvalue weighted by Crippen LogP contribution is 2.34. The Morgan fingerprint density at radius 1 is 1.05 bits per heavy atom. The van der Waals surface area contributed by atoms with E-state index in [2.05, 4.69) is 15.9 Å². The fourth-order valence-electron chi connectivity index (χ4n) is 2.54. The molecule has 2 aromatic rings. The van der Waals surface area contributed by atoms with Gasteiger partial charge in [-0.2, -0.15) is 0 Å². The molecule has 0 aliphatic carbocycles. The molecule has 0 unspecified atom stereocenters. The molecule has 2 amide bonds. The predicted octanol–water partition coefficient (Wildman–Crippen LogP) is 3.61. The molecule has 1 aliphatic heterocycles. The van der Waals surface area contributed by atoms with Gasteiger partial charge in [0.05, 0.1) is 0 Å². The summed E-state index contributed by atoms with van der Waals surface area (Å²) in [6, 6.07) is 9.20. The normalized spacial score (nSPS) is 14.3. The van der Waals surface area contributed by atoms with Gasteiger partial charge < -0.3 is 0 Å². The third-order valence-electron chi connectivity index (χ3n) is 3.39. The van der Waals surface area contributed by atoms with Crippen LogP contribution in [0, 0.1) is 0 Å². The predicted molar refractivity (Wildman–Crippen MR) is 77.3 cm³/mol. The van der Waals surface area contributed by atoms with Crippen LogP contribution in [0.25, 0.3) is 10.8 Å². The molecule has 0 spiro atoms. The van der Waals surface area contributed by atoms with Gasteiger partial charge in [-0.1, -0.05) is 35.0 Å². The minimum atomic E-state index is -0.192. The molecule has 0 radical (unpaired) electrons. The van der Waals surface area contributed by atoms with Crippen molar-refractivity contribution < 1.29 is 9.59 Å². The Morgan fingerprint density at radius 2 is 1.74 bits per heavy atom. The van der Waals surface area contributed by atoms with Crippen LogP contribution in [0.1, 0.15) is 34.1 Å². The molecule has 0 atom stereocenters. The van der Waals surface area contributed by atoms with Crippen molar-refractivity contribution >= 4 is 38.5 Å². The smallest absolute Gasteiger partial charge is 0.261 e. The van der Waals surface area contributed by atoms with Gasteiger partial charge >= 0.3 is 0 Å². The number of nitrogens with zero attached hydrogens (tertiary/aromatic N) is 1. The lowest BCUT2D eigenvalue weighted by Gasteiger charge is -2.27. The summed E-state index contributed by atoms with van der Waals surface area (Å²) in [5, 5.41) is 1.67. The molecule has 0 bridgehead atoms. The first-order valence-corrected chi connectivity index (χ1v) is 7.02. The quantitative estimate of drug-likeness (QED) is 0.793. The van der Waals surface area contributed by atoms with E-state index in [9.17, 15) is 9.59 Å². The largest absolute Gasteiger partial charge is 0.274 e. The van der Waals surface area contributed by atoms with Crippen molar-refractivity contribution in [3.63, 3.8) is 0 Å². The third kappa shape index (κ3) is 1.70. The Morgan fingerprint density at radius 3 is 2.42 bits per heavy atom. The molecule has 2 aromatic carbocycles. The number of benzene rings is 2. The first-order valence-electron chi connectivity index (χ1n) is 6.22. The van der Waals surface area contributed by atoms with Gasteiger partial charge in [-0.05, 0) is 30.0 Å². The van der Waals surface area contributed by atoms with Crippen molar-refractivity contribution in [1.29, 1.82) is 0 Å². The molecule has 0 fully saturated rings. The van der Waals surface area contributed by atoms with E-state index in [0.29, 0.717) is 17.7 Å². The Balaban J connectivity index is 2.35. The zero-order valence-corrected chi connectivity index (χ0v) is 12.0. The fourth-order valence-corrected chi connectivity index (χ4v) is 3.00. The Kier molecular flexibility index (Phi) is 2.90. The van der Waals surface area contributed by atoms with Gasteiger partial charge in [-0.15, -0.1) is 0 Å². The van der Waals surface area contributed by atoms with Gasteiger partial charge in [-0.3, -0.25) is 14.5 Å². The molecule has 0 N–H and O–H groups in total. The molecule has 3 nitrogen and oxygen atoms in total. The third-order valence-corrected chi connectivity index (χ3v) is 4.08. The minimum Gasteiger partial charge on any atom is -0.274 e. The maximum Gasteiger partial charge on any atom is 0.261 e. The molecule has 0 aromatic heterocycles. The molecule has 1 aliphatic rings. The fraction of sp³-hybridized carbons (Fsp3) is 0.200. The van der Waals surface area contributed by atoms with Crippen LogP contribution in [-0.4, -0.2) is 23.3 Å². The maximum absolute atomic E-state index is 12.4. The van der Waals surface area contributed by atoms with Crippen LogP contribution in [0.5, 0.6) is 0 Å². The van der Waals surface area contributed by atoms with Crippen molar-refractivity contribution in [3.05, 3.63) is 45.9 Å². The summed E-state index contributed by atoms with van der Waals surface area (Å²) >= 11 is 3.47. The van der Waals surface area contributed by atoms with Crippen molar-refractivity contribution in [1.82, 2.24) is 4.90 Å². The number of hydrogen-bond acceptors (Lipinski definition) is 2. The second kappa shape index (κ2) is 4.46. The zero-order chi connectivity index (χ0) is 13.6. The summed E-state index contributed by atoms with van der Waals surface area (Å²) < 4.78 is 0.901. The van der Waals surface area contributed by atoms with Crippen LogP contribution >= 0.6 is 15.9 Å². The first-order chi connectivity index (χ1) is 9.15. The lowest BCUT2D eigenvalue weighted by molar-refractivity contribution is 0.0610. The van der Waals surface area contributed by atoms with E-state index in [1.165, 1.54) is 4.90 Å². The molecule has 0 saturated carbocycles. The minimum absolute atomic E-state index is 0.192. The van der Waals surface area contributed by atoms with E-state index in [4.69, 9.17) is 0 Å². The number of rotatable bonds is 2. The van der Waals surface area contributed by atoms with Crippen LogP contribution in [0.4, 0.5) is 0 Å². The van der Waals surface area contributed by atoms with E-state index >= 15 is 0 Å². The average molecular weight is 318 g/mol. The number of carbonyl (C=O) groups excluding carboxylic acids is 2. The summed E-state index contributed by atoms with van der Waals surface area (Å²) in [7, 11) is 0. The second-order valence-corrected chi connectivity index (χ2v) is 5.44. The highest BCUT2D eigenvalue weighted by Gasteiger charge is 2.32. The SMILES string of the molecule is CCCN1C(=O)c2cccc3c(Br)ccc(c23)C1=O. The van der Waals surface area contributed by atoms with Gasteiger partial charge in [0.2, 0.25) is 0 Å². The summed E-state index contributed by atoms with van der Waals surface area (Å²) in [6.07, 6.45) is 0.763. The molecular formula is C15H12BrNO2. The topological polar surface area (TPSA) is 37.4 Å². The Hall–Kier alpha value is -1.68. The molecular weight excluding hydrogens is 306 g/mol. The van der Waals surface area contributed by atoms with Gasteiger partial charge in [-0.25, -0.2) is 0 Å². The molecule has 0 saturated heterocycles. The summed E-state index contributed by atoms with van der Waals surface area (Å²) in [5.41, 5.74) is 1.23. The standard InChI is InChI=1S/C15H12BrNO2/c1-2-8-17-14(18)10-5-3-4-9-12(16)7-6-11(13(9)10)15(17)19/h3-7H,2,8H2,1H3. The van der Waals surface area contributed by atoms with Gasteiger partial charge in [0.1, 0.15) is 0 Å². The first kappa shape index (κ1) is 12.4. The average Bonchev–Trinajstić information content (AvgIpc) is 2.42. The van der Waals surface area contributed by atoms with E-state index in [0.717, 1.165) is 21.7 Å². The number of imide groups is 1. The van der Waals surface area contributed by atoms with Crippen LogP contribution in [0.2, 0.25) is 0 Å². The molecule has 4 heteroatoms. The molecule has 3 rings (SSSR count). The number of amides is 2. The van der Waals surface area contributed by atoms with Crippen LogP contribution in [0.15, 0.2) is 34.8 Å². The summed E-state index contributed by atoms with van der Waals surface area (Å²) in [5.74, 6) is -0.383. The Labute approximate surface area is 119 Å². The number of halogens is 1. The van der Waals surface area contributed by atoms with Crippen LogP contribution in [-0.2, 0) is 0 Å². The maximum atomic E-state index is 12.4. The second-order valence-electron chi connectivity index (χ2n) is 4.59. The molecule has 19 heavy (non-hydrogen) atoms. The van der Waals surface area contributed by atoms with Crippen molar-refractivity contribution in [2.45, 2.75) is 13.3 Å². The highest BCUT2D eigenvalue weighted by atomic mass is 79.9. The van der Waals surface area contributed by atoms with Crippen LogP contribution in [0.3, 0.4) is 0 Å². The highest BCUT2D eigenvalue weighted by molar-refractivity contribution is 9.10. The van der Waals surface area contributed by atoms with E-state index < -0.39 is 0 Å². The van der Waals surface area contributed by atoms with Crippen molar-refractivity contribution in [2.75, 3.05) is 6.54 Å². The van der Waals surface area contributed by atoms with E-state index in [1.54, 1.807) is 12.1 Å². The lowest BCUT2D eigenvalue weighted by atomic mass is 9.94. The van der Waals surface area contributed by atoms with Crippen molar-refractivity contribution in [3.8, 4) is 0 Å². The summed E-state index contributed by atoms with van der Waals surface area (Å²) in [4.78, 5) is 26.1. The van der Waals surface area contributed by atoms with Gasteiger partial charge in [0.15, 0.2) is 0 Å². The van der Waals surface area contributed by atoms with Gasteiger partial charge in [0, 0.05) is 27.5 Å². The van der Waals surface area contributed by atoms with E-state index in [1.807, 2.05) is 25.1 Å². The number of carbonyl (C=O) groups is 2. The van der Waals surface area contributed by atoms with E-state index in [-0.39, 0.29) is 11.8 Å². The lowest BCUT2D eigenvalue weighted by Crippen LogP contribution is -2.40. The zero-order valence-electron chi connectivity index (χ0n) is 10.4. The summed E-state index contributed by atoms with van der Waals surface area (Å²) in [6.45, 7) is 2.42. The van der Waals surface area contributed by atoms with Gasteiger partial charge in [0.25, 0.3) is 11.8 Å². The van der Waals surface area contributed by atoms with Crippen molar-refractivity contribution in [2.24, 2.45) is 0 Å². The molecule has 1 heterocycles. The Bertz CT molecular complexity index is 686. The monoisotopic (exact) mass is 317 g/mol. The molecule has 96 valence electrons. The number of hydrogen-bond donors (Lipinski definition) is 0.